The lowest BCUT2D eigenvalue weighted by atomic mass is 10.1. The summed E-state index contributed by atoms with van der Waals surface area (Å²) in [6.07, 6.45) is -2.12. The van der Waals surface area contributed by atoms with E-state index in [1.165, 1.54) is 25.3 Å². The number of ether oxygens (including phenoxy) is 2. The molecule has 0 fully saturated rings. The molecule has 1 rings (SSSR count). The van der Waals surface area contributed by atoms with E-state index in [9.17, 15) is 18.4 Å². The molecule has 1 aromatic carbocycles. The molecule has 0 bridgehead atoms. The van der Waals surface area contributed by atoms with Gasteiger partial charge in [0.1, 0.15) is 12.4 Å². The Bertz CT molecular complexity index is 432. The molecule has 0 unspecified atom stereocenters. The molecule has 0 aliphatic rings. The summed E-state index contributed by atoms with van der Waals surface area (Å²) < 4.78 is 33.2. The van der Waals surface area contributed by atoms with E-state index in [-0.39, 0.29) is 17.7 Å². The first-order chi connectivity index (χ1) is 8.56. The van der Waals surface area contributed by atoms with Gasteiger partial charge in [-0.1, -0.05) is 6.07 Å². The molecule has 0 saturated carbocycles. The lowest BCUT2D eigenvalue weighted by Crippen LogP contribution is -2.09. The van der Waals surface area contributed by atoms with Crippen LogP contribution < -0.4 is 4.74 Å². The first kappa shape index (κ1) is 14.1. The summed E-state index contributed by atoms with van der Waals surface area (Å²) in [4.78, 5) is 21.8. The molecule has 98 valence electrons. The molecule has 0 atom stereocenters. The summed E-state index contributed by atoms with van der Waals surface area (Å²) in [5, 5.41) is 0. The highest BCUT2D eigenvalue weighted by atomic mass is 19.3. The number of carbonyl (C=O) groups is 2. The van der Waals surface area contributed by atoms with Crippen LogP contribution in [0, 0.1) is 0 Å². The maximum absolute atomic E-state index is 12.0. The van der Waals surface area contributed by atoms with Crippen molar-refractivity contribution in [2.75, 3.05) is 13.7 Å². The number of methoxy groups -OCH3 is 1. The zero-order chi connectivity index (χ0) is 13.5. The molecule has 0 heterocycles. The van der Waals surface area contributed by atoms with Crippen LogP contribution in [0.4, 0.5) is 8.78 Å². The zero-order valence-electron chi connectivity index (χ0n) is 9.69. The van der Waals surface area contributed by atoms with E-state index in [2.05, 4.69) is 4.74 Å². The summed E-state index contributed by atoms with van der Waals surface area (Å²) in [6, 6.07) is 4.31. The summed E-state index contributed by atoms with van der Waals surface area (Å²) >= 11 is 0. The van der Waals surface area contributed by atoms with Crippen molar-refractivity contribution in [2.45, 2.75) is 12.8 Å². The molecule has 0 aliphatic carbocycles. The Balaban J connectivity index is 2.82. The lowest BCUT2D eigenvalue weighted by molar-refractivity contribution is -0.139. The lowest BCUT2D eigenvalue weighted by Gasteiger charge is -2.09. The predicted molar refractivity (Wildman–Crippen MR) is 59.0 cm³/mol. The van der Waals surface area contributed by atoms with Crippen LogP contribution in [-0.4, -0.2) is 32.4 Å². The standard InChI is InChI=1S/C12H12F2O4/c1-17-12(16)5-8-2-3-10(9(4-8)6-15)18-7-11(13)14/h2-4,6,11H,5,7H2,1H3. The van der Waals surface area contributed by atoms with E-state index >= 15 is 0 Å². The smallest absolute Gasteiger partial charge is 0.309 e. The third-order valence-corrected chi connectivity index (χ3v) is 2.14. The topological polar surface area (TPSA) is 52.6 Å². The van der Waals surface area contributed by atoms with Crippen LogP contribution in [0.2, 0.25) is 0 Å². The number of aldehydes is 1. The Morgan fingerprint density at radius 1 is 1.44 bits per heavy atom. The molecular weight excluding hydrogens is 246 g/mol. The average Bonchev–Trinajstić information content (AvgIpc) is 2.36. The highest BCUT2D eigenvalue weighted by molar-refractivity contribution is 5.81. The van der Waals surface area contributed by atoms with Crippen LogP contribution in [-0.2, 0) is 16.0 Å². The maximum atomic E-state index is 12.0. The number of halogens is 2. The summed E-state index contributed by atoms with van der Waals surface area (Å²) in [5.41, 5.74) is 0.672. The van der Waals surface area contributed by atoms with Crippen LogP contribution in [0.1, 0.15) is 15.9 Å². The second-order valence-corrected chi connectivity index (χ2v) is 3.45. The molecule has 0 aliphatic heterocycles. The number of carbonyl (C=O) groups excluding carboxylic acids is 2. The first-order valence-electron chi connectivity index (χ1n) is 5.12. The fraction of sp³-hybridized carbons (Fsp3) is 0.333. The van der Waals surface area contributed by atoms with Gasteiger partial charge >= 0.3 is 5.97 Å². The van der Waals surface area contributed by atoms with Gasteiger partial charge in [0.2, 0.25) is 0 Å². The van der Waals surface area contributed by atoms with Crippen molar-refractivity contribution >= 4 is 12.3 Å². The Kier molecular flexibility index (Phi) is 5.23. The third-order valence-electron chi connectivity index (χ3n) is 2.14. The molecular formula is C12H12F2O4. The van der Waals surface area contributed by atoms with Crippen LogP contribution in [0.25, 0.3) is 0 Å². The molecule has 0 spiro atoms. The quantitative estimate of drug-likeness (QED) is 0.577. The highest BCUT2D eigenvalue weighted by Gasteiger charge is 2.10. The molecule has 0 N–H and O–H groups in total. The average molecular weight is 258 g/mol. The zero-order valence-corrected chi connectivity index (χ0v) is 9.69. The molecule has 0 aromatic heterocycles. The number of hydrogen-bond acceptors (Lipinski definition) is 4. The van der Waals surface area contributed by atoms with Crippen LogP contribution in [0.3, 0.4) is 0 Å². The maximum Gasteiger partial charge on any atom is 0.309 e. The highest BCUT2D eigenvalue weighted by Crippen LogP contribution is 2.19. The minimum absolute atomic E-state index is 0.00642. The Hall–Kier alpha value is -1.98. The monoisotopic (exact) mass is 258 g/mol. The number of alkyl halides is 2. The van der Waals surface area contributed by atoms with Gasteiger partial charge < -0.3 is 9.47 Å². The molecule has 0 radical (unpaired) electrons. The van der Waals surface area contributed by atoms with E-state index in [0.29, 0.717) is 11.8 Å². The first-order valence-corrected chi connectivity index (χ1v) is 5.12. The van der Waals surface area contributed by atoms with Crippen LogP contribution in [0.5, 0.6) is 5.75 Å². The SMILES string of the molecule is COC(=O)Cc1ccc(OCC(F)F)c(C=O)c1. The van der Waals surface area contributed by atoms with Gasteiger partial charge in [-0.05, 0) is 17.7 Å². The van der Waals surface area contributed by atoms with Crippen LogP contribution >= 0.6 is 0 Å². The Labute approximate surface area is 103 Å². The normalized spacial score (nSPS) is 10.2. The van der Waals surface area contributed by atoms with Crippen molar-refractivity contribution in [1.82, 2.24) is 0 Å². The van der Waals surface area contributed by atoms with E-state index in [0.717, 1.165) is 0 Å². The molecule has 6 heteroatoms. The minimum atomic E-state index is -2.61. The van der Waals surface area contributed by atoms with Gasteiger partial charge in [-0.2, -0.15) is 0 Å². The Morgan fingerprint density at radius 2 is 2.17 bits per heavy atom. The second kappa shape index (κ2) is 6.68. The Morgan fingerprint density at radius 3 is 2.72 bits per heavy atom. The van der Waals surface area contributed by atoms with E-state index in [4.69, 9.17) is 4.74 Å². The third kappa shape index (κ3) is 4.12. The fourth-order valence-corrected chi connectivity index (χ4v) is 1.32. The summed E-state index contributed by atoms with van der Waals surface area (Å²) in [5.74, 6) is -0.382. The van der Waals surface area contributed by atoms with Crippen molar-refractivity contribution < 1.29 is 27.8 Å². The number of rotatable bonds is 6. The van der Waals surface area contributed by atoms with Gasteiger partial charge in [0.15, 0.2) is 6.29 Å². The summed E-state index contributed by atoms with van der Waals surface area (Å²) in [7, 11) is 1.25. The molecule has 1 aromatic rings. The number of esters is 1. The number of hydrogen-bond donors (Lipinski definition) is 0. The fourth-order valence-electron chi connectivity index (χ4n) is 1.32. The predicted octanol–water partition coefficient (Wildman–Crippen LogP) is 1.86. The van der Waals surface area contributed by atoms with Gasteiger partial charge in [-0.15, -0.1) is 0 Å². The van der Waals surface area contributed by atoms with Crippen molar-refractivity contribution in [3.05, 3.63) is 29.3 Å². The van der Waals surface area contributed by atoms with Gasteiger partial charge in [0.25, 0.3) is 6.43 Å². The molecule has 0 amide bonds. The van der Waals surface area contributed by atoms with E-state index in [1.807, 2.05) is 0 Å². The van der Waals surface area contributed by atoms with Crippen molar-refractivity contribution in [2.24, 2.45) is 0 Å². The van der Waals surface area contributed by atoms with Gasteiger partial charge in [0, 0.05) is 0 Å². The number of benzene rings is 1. The second-order valence-electron chi connectivity index (χ2n) is 3.45. The van der Waals surface area contributed by atoms with Gasteiger partial charge in [-0.25, -0.2) is 8.78 Å². The largest absolute Gasteiger partial charge is 0.487 e. The van der Waals surface area contributed by atoms with Crippen molar-refractivity contribution in [1.29, 1.82) is 0 Å². The van der Waals surface area contributed by atoms with Crippen molar-refractivity contribution in [3.63, 3.8) is 0 Å². The van der Waals surface area contributed by atoms with Crippen molar-refractivity contribution in [3.8, 4) is 5.75 Å². The van der Waals surface area contributed by atoms with Crippen LogP contribution in [0.15, 0.2) is 18.2 Å². The van der Waals surface area contributed by atoms with E-state index in [1.54, 1.807) is 0 Å². The van der Waals surface area contributed by atoms with Gasteiger partial charge in [-0.3, -0.25) is 9.59 Å². The molecule has 18 heavy (non-hydrogen) atoms. The van der Waals surface area contributed by atoms with Gasteiger partial charge in [0.05, 0.1) is 19.1 Å². The molecule has 4 nitrogen and oxygen atoms in total. The molecule has 0 saturated heterocycles. The minimum Gasteiger partial charge on any atom is -0.487 e. The summed E-state index contributed by atoms with van der Waals surface area (Å²) in [6.45, 7) is -0.781. The van der Waals surface area contributed by atoms with E-state index < -0.39 is 19.0 Å².